The summed E-state index contributed by atoms with van der Waals surface area (Å²) in [5, 5.41) is 1.49. The van der Waals surface area contributed by atoms with Gasteiger partial charge in [0.1, 0.15) is 5.75 Å². The van der Waals surface area contributed by atoms with E-state index in [0.29, 0.717) is 19.4 Å². The molecule has 2 fully saturated rings. The summed E-state index contributed by atoms with van der Waals surface area (Å²) in [6, 6.07) is 7.52. The number of esters is 1. The average molecular weight is 277 g/mol. The molecular weight excluding hydrogens is 262 g/mol. The molecule has 0 bridgehead atoms. The molecule has 0 radical (unpaired) electrons. The van der Waals surface area contributed by atoms with E-state index < -0.39 is 17.7 Å². The molecule has 0 aromatic heterocycles. The summed E-state index contributed by atoms with van der Waals surface area (Å²) in [6.07, 6.45) is 1.95. The van der Waals surface area contributed by atoms with Gasteiger partial charge in [0, 0.05) is 19.4 Å². The van der Waals surface area contributed by atoms with Gasteiger partial charge in [-0.1, -0.05) is 17.2 Å². The van der Waals surface area contributed by atoms with Gasteiger partial charge in [-0.15, -0.1) is 0 Å². The second-order valence-corrected chi connectivity index (χ2v) is 4.94. The Bertz CT molecular complexity index is 541. The van der Waals surface area contributed by atoms with Gasteiger partial charge in [0.25, 0.3) is 0 Å². The number of hydrogen-bond donors (Lipinski definition) is 0. The minimum absolute atomic E-state index is 0.482. The minimum Gasteiger partial charge on any atom is -0.497 e. The molecule has 1 aromatic rings. The molecule has 1 atom stereocenters. The lowest BCUT2D eigenvalue weighted by atomic mass is 10.00. The Hall–Kier alpha value is -2.08. The molecule has 6 heteroatoms. The van der Waals surface area contributed by atoms with E-state index in [0.717, 1.165) is 17.7 Å². The van der Waals surface area contributed by atoms with Gasteiger partial charge in [-0.05, 0) is 24.1 Å². The van der Waals surface area contributed by atoms with Crippen molar-refractivity contribution in [3.8, 4) is 5.75 Å². The first-order chi connectivity index (χ1) is 9.63. The quantitative estimate of drug-likeness (QED) is 0.607. The van der Waals surface area contributed by atoms with Gasteiger partial charge < -0.3 is 14.3 Å². The molecule has 0 aliphatic carbocycles. The zero-order valence-electron chi connectivity index (χ0n) is 11.1. The van der Waals surface area contributed by atoms with Crippen LogP contribution in [-0.4, -0.2) is 36.4 Å². The van der Waals surface area contributed by atoms with E-state index >= 15 is 0 Å². The van der Waals surface area contributed by atoms with Gasteiger partial charge in [-0.2, -0.15) is 0 Å². The van der Waals surface area contributed by atoms with Gasteiger partial charge in [0.15, 0.2) is 0 Å². The van der Waals surface area contributed by atoms with E-state index in [1.807, 2.05) is 24.3 Å². The van der Waals surface area contributed by atoms with Crippen molar-refractivity contribution in [2.75, 3.05) is 13.7 Å². The Labute approximate surface area is 116 Å². The molecule has 0 N–H and O–H groups in total. The third-order valence-electron chi connectivity index (χ3n) is 3.67. The van der Waals surface area contributed by atoms with Crippen molar-refractivity contribution < 1.29 is 23.9 Å². The molecular formula is C14H15NO5. The maximum absolute atomic E-state index is 11.5. The minimum atomic E-state index is -0.947. The molecule has 0 spiro atoms. The first kappa shape index (κ1) is 12.9. The SMILES string of the molecule is COc1ccc(CC23CCCN2OC(=O)C(=O)O3)cc1. The highest BCUT2D eigenvalue weighted by atomic mass is 16.8. The van der Waals surface area contributed by atoms with Crippen molar-refractivity contribution in [3.05, 3.63) is 29.8 Å². The Morgan fingerprint density at radius 3 is 2.70 bits per heavy atom. The predicted octanol–water partition coefficient (Wildman–Crippen LogP) is 1.04. The standard InChI is InChI=1S/C14H15NO5/c1-18-11-5-3-10(4-6-11)9-14-7-2-8-15(14)20-13(17)12(16)19-14/h3-6H,2,7-9H2,1H3. The van der Waals surface area contributed by atoms with E-state index in [9.17, 15) is 9.59 Å². The number of ether oxygens (including phenoxy) is 2. The van der Waals surface area contributed by atoms with Crippen molar-refractivity contribution in [2.45, 2.75) is 25.0 Å². The van der Waals surface area contributed by atoms with E-state index in [1.165, 1.54) is 5.06 Å². The summed E-state index contributed by atoms with van der Waals surface area (Å²) in [5.41, 5.74) is 0.128. The molecule has 2 aliphatic heterocycles. The molecule has 1 aromatic carbocycles. The number of methoxy groups -OCH3 is 1. The van der Waals surface area contributed by atoms with Crippen LogP contribution in [0.25, 0.3) is 0 Å². The van der Waals surface area contributed by atoms with Crippen molar-refractivity contribution in [3.63, 3.8) is 0 Å². The zero-order valence-corrected chi connectivity index (χ0v) is 11.1. The Balaban J connectivity index is 1.83. The Morgan fingerprint density at radius 2 is 2.00 bits per heavy atom. The van der Waals surface area contributed by atoms with Crippen LogP contribution in [0.5, 0.6) is 5.75 Å². The van der Waals surface area contributed by atoms with E-state index in [1.54, 1.807) is 7.11 Å². The number of carbonyl (C=O) groups excluding carboxylic acids is 2. The topological polar surface area (TPSA) is 65.1 Å². The third-order valence-corrected chi connectivity index (χ3v) is 3.67. The molecule has 1 unspecified atom stereocenters. The highest BCUT2D eigenvalue weighted by Crippen LogP contribution is 2.37. The number of benzene rings is 1. The molecule has 0 amide bonds. The molecule has 2 saturated heterocycles. The summed E-state index contributed by atoms with van der Waals surface area (Å²) in [5.74, 6) is -1.10. The fraction of sp³-hybridized carbons (Fsp3) is 0.429. The van der Waals surface area contributed by atoms with E-state index in [2.05, 4.69) is 0 Å². The predicted molar refractivity (Wildman–Crippen MR) is 67.6 cm³/mol. The van der Waals surface area contributed by atoms with Crippen molar-refractivity contribution in [2.24, 2.45) is 0 Å². The average Bonchev–Trinajstić information content (AvgIpc) is 2.83. The van der Waals surface area contributed by atoms with Gasteiger partial charge in [0.05, 0.1) is 7.11 Å². The van der Waals surface area contributed by atoms with Crippen molar-refractivity contribution in [1.29, 1.82) is 0 Å². The number of carbonyl (C=O) groups is 2. The van der Waals surface area contributed by atoms with Crippen LogP contribution in [0.4, 0.5) is 0 Å². The van der Waals surface area contributed by atoms with Crippen LogP contribution >= 0.6 is 0 Å². The number of hydroxylamine groups is 2. The molecule has 2 aliphatic rings. The normalized spacial score (nSPS) is 25.9. The lowest BCUT2D eigenvalue weighted by Gasteiger charge is -2.38. The van der Waals surface area contributed by atoms with Crippen LogP contribution in [-0.2, 0) is 25.6 Å². The summed E-state index contributed by atoms with van der Waals surface area (Å²) in [4.78, 5) is 27.8. The summed E-state index contributed by atoms with van der Waals surface area (Å²) >= 11 is 0. The smallest absolute Gasteiger partial charge is 0.436 e. The Morgan fingerprint density at radius 1 is 1.25 bits per heavy atom. The van der Waals surface area contributed by atoms with Crippen molar-refractivity contribution in [1.82, 2.24) is 5.06 Å². The van der Waals surface area contributed by atoms with Gasteiger partial charge in [0.2, 0.25) is 5.72 Å². The van der Waals surface area contributed by atoms with Crippen LogP contribution in [0, 0.1) is 0 Å². The van der Waals surface area contributed by atoms with Crippen LogP contribution in [0.15, 0.2) is 24.3 Å². The molecule has 106 valence electrons. The second kappa shape index (κ2) is 4.79. The van der Waals surface area contributed by atoms with Gasteiger partial charge >= 0.3 is 11.9 Å². The lowest BCUT2D eigenvalue weighted by molar-refractivity contribution is -0.292. The first-order valence-electron chi connectivity index (χ1n) is 6.49. The van der Waals surface area contributed by atoms with E-state index in [-0.39, 0.29) is 0 Å². The lowest BCUT2D eigenvalue weighted by Crippen LogP contribution is -2.56. The van der Waals surface area contributed by atoms with Gasteiger partial charge in [-0.3, -0.25) is 0 Å². The van der Waals surface area contributed by atoms with Gasteiger partial charge in [-0.25, -0.2) is 9.59 Å². The van der Waals surface area contributed by atoms with Crippen LogP contribution in [0.1, 0.15) is 18.4 Å². The van der Waals surface area contributed by atoms with Crippen molar-refractivity contribution >= 4 is 11.9 Å². The number of hydrogen-bond acceptors (Lipinski definition) is 6. The summed E-state index contributed by atoms with van der Waals surface area (Å²) in [7, 11) is 1.61. The number of nitrogens with zero attached hydrogens (tertiary/aromatic N) is 1. The summed E-state index contributed by atoms with van der Waals surface area (Å²) < 4.78 is 10.5. The maximum atomic E-state index is 11.5. The maximum Gasteiger partial charge on any atom is 0.436 e. The number of fused-ring (bicyclic) bond motifs is 1. The zero-order chi connectivity index (χ0) is 14.2. The highest BCUT2D eigenvalue weighted by molar-refractivity contribution is 6.30. The molecule has 6 nitrogen and oxygen atoms in total. The number of rotatable bonds is 3. The fourth-order valence-corrected chi connectivity index (χ4v) is 2.68. The highest BCUT2D eigenvalue weighted by Gasteiger charge is 2.52. The van der Waals surface area contributed by atoms with Crippen LogP contribution in [0.2, 0.25) is 0 Å². The fourth-order valence-electron chi connectivity index (χ4n) is 2.68. The molecule has 3 rings (SSSR count). The van der Waals surface area contributed by atoms with Crippen LogP contribution in [0.3, 0.4) is 0 Å². The monoisotopic (exact) mass is 277 g/mol. The first-order valence-corrected chi connectivity index (χ1v) is 6.49. The summed E-state index contributed by atoms with van der Waals surface area (Å²) in [6.45, 7) is 0.579. The van der Waals surface area contributed by atoms with Crippen LogP contribution < -0.4 is 4.74 Å². The third kappa shape index (κ3) is 2.12. The van der Waals surface area contributed by atoms with E-state index in [4.69, 9.17) is 14.3 Å². The molecule has 20 heavy (non-hydrogen) atoms. The second-order valence-electron chi connectivity index (χ2n) is 4.94. The largest absolute Gasteiger partial charge is 0.497 e. The Kier molecular flexibility index (Phi) is 3.10. The molecule has 2 heterocycles. The molecule has 0 saturated carbocycles.